The number of nitrogens with one attached hydrogen (secondary N) is 1. The molecular weight excluding hydrogens is 719 g/mol. The largest absolute Gasteiger partial charge is 0.497 e. The van der Waals surface area contributed by atoms with E-state index in [1.807, 2.05) is 64.9 Å². The molecule has 4 heterocycles. The number of urea groups is 1. The van der Waals surface area contributed by atoms with Crippen LogP contribution in [0.25, 0.3) is 21.6 Å². The Hall–Kier alpha value is -5.17. The molecule has 2 aromatic carbocycles. The first-order valence-corrected chi connectivity index (χ1v) is 20.0. The van der Waals surface area contributed by atoms with E-state index < -0.39 is 29.6 Å². The molecule has 13 heteroatoms. The quantitative estimate of drug-likeness (QED) is 0.132. The van der Waals surface area contributed by atoms with Crippen molar-refractivity contribution in [1.29, 1.82) is 0 Å². The van der Waals surface area contributed by atoms with Gasteiger partial charge in [-0.2, -0.15) is 0 Å². The maximum Gasteiger partial charge on any atom is 0.332 e. The zero-order chi connectivity index (χ0) is 38.7. The first-order chi connectivity index (χ1) is 26.6. The molecule has 2 aromatic heterocycles. The summed E-state index contributed by atoms with van der Waals surface area (Å²) in [5, 5.41) is 6.65. The predicted molar refractivity (Wildman–Crippen MR) is 210 cm³/mol. The number of ether oxygens (including phenoxy) is 4. The molecule has 4 atom stereocenters. The van der Waals surface area contributed by atoms with Crippen molar-refractivity contribution >= 4 is 40.1 Å². The SMILES string of the molecule is CCOC(=O)C12CC1/C=C/CCCCN(Cc1ccc(OC)cc1)C(=O)N1CC(Oc3cc(-c4nc(C(C)C)cs4)nc4cc(OC)ccc34)CC1C(=O)N2. The van der Waals surface area contributed by atoms with E-state index in [0.29, 0.717) is 42.2 Å². The Morgan fingerprint density at radius 2 is 1.82 bits per heavy atom. The predicted octanol–water partition coefficient (Wildman–Crippen LogP) is 7.12. The monoisotopic (exact) mass is 767 g/mol. The smallest absolute Gasteiger partial charge is 0.332 e. The van der Waals surface area contributed by atoms with Crippen molar-refractivity contribution in [1.82, 2.24) is 25.1 Å². The minimum atomic E-state index is -1.16. The van der Waals surface area contributed by atoms with Gasteiger partial charge in [-0.1, -0.05) is 38.1 Å². The number of pyridine rings is 1. The van der Waals surface area contributed by atoms with Crippen LogP contribution >= 0.6 is 11.3 Å². The van der Waals surface area contributed by atoms with Crippen LogP contribution < -0.4 is 19.5 Å². The Bertz CT molecular complexity index is 2070. The highest BCUT2D eigenvalue weighted by molar-refractivity contribution is 7.13. The second kappa shape index (κ2) is 16.3. The lowest BCUT2D eigenvalue weighted by Crippen LogP contribution is -2.55. The van der Waals surface area contributed by atoms with Crippen LogP contribution in [0.1, 0.15) is 70.1 Å². The first-order valence-electron chi connectivity index (χ1n) is 19.1. The highest BCUT2D eigenvalue weighted by atomic mass is 32.1. The molecule has 0 spiro atoms. The number of rotatable bonds is 10. The number of allylic oxidation sites excluding steroid dienone is 1. The Labute approximate surface area is 325 Å². The zero-order valence-corrected chi connectivity index (χ0v) is 32.9. The number of carbonyl (C=O) groups is 3. The van der Waals surface area contributed by atoms with E-state index >= 15 is 0 Å². The standard InChI is InChI=1S/C42H49N5O7S/c1-6-53-40(49)42-22-28(42)11-9-7-8-10-18-46(23-27-12-14-29(51-4)15-13-27)41(50)47-24-31(20-36(47)38(48)45-42)54-37-21-34(39-44-35(25-55-39)26(2)3)43-33-19-30(52-5)16-17-32(33)37/h9,11-17,19,21,25-26,28,31,36H,6-8,10,18,20,22-24H2,1-5H3,(H,45,48)/b11-9+. The summed E-state index contributed by atoms with van der Waals surface area (Å²) in [6.45, 7) is 7.19. The number of hydrogen-bond acceptors (Lipinski definition) is 10. The van der Waals surface area contributed by atoms with E-state index in [2.05, 4.69) is 25.2 Å². The molecule has 1 N–H and O–H groups in total. The summed E-state index contributed by atoms with van der Waals surface area (Å²) >= 11 is 1.52. The molecule has 0 bridgehead atoms. The summed E-state index contributed by atoms with van der Waals surface area (Å²) in [6.07, 6.45) is 6.65. The van der Waals surface area contributed by atoms with Gasteiger partial charge in [0.2, 0.25) is 5.91 Å². The second-order valence-electron chi connectivity index (χ2n) is 14.7. The molecule has 2 aliphatic heterocycles. The van der Waals surface area contributed by atoms with Crippen LogP contribution in [-0.2, 0) is 20.9 Å². The maximum atomic E-state index is 14.7. The van der Waals surface area contributed by atoms with E-state index in [1.54, 1.807) is 26.0 Å². The van der Waals surface area contributed by atoms with Crippen molar-refractivity contribution in [3.05, 3.63) is 77.3 Å². The average molecular weight is 768 g/mol. The van der Waals surface area contributed by atoms with Crippen LogP contribution in [0.3, 0.4) is 0 Å². The topological polar surface area (TPSA) is 132 Å². The van der Waals surface area contributed by atoms with Gasteiger partial charge in [0, 0.05) is 48.3 Å². The zero-order valence-electron chi connectivity index (χ0n) is 32.1. The number of nitrogens with zero attached hydrogens (tertiary/aromatic N) is 4. The molecule has 2 fully saturated rings. The van der Waals surface area contributed by atoms with Crippen molar-refractivity contribution < 1.29 is 33.3 Å². The van der Waals surface area contributed by atoms with Gasteiger partial charge in [0.25, 0.3) is 0 Å². The van der Waals surface area contributed by atoms with Gasteiger partial charge in [0.15, 0.2) is 0 Å². The van der Waals surface area contributed by atoms with Gasteiger partial charge in [0.05, 0.1) is 38.6 Å². The van der Waals surface area contributed by atoms with Gasteiger partial charge in [-0.3, -0.25) is 4.79 Å². The van der Waals surface area contributed by atoms with E-state index in [4.69, 9.17) is 28.9 Å². The van der Waals surface area contributed by atoms with Crippen LogP contribution in [0.2, 0.25) is 0 Å². The van der Waals surface area contributed by atoms with E-state index in [0.717, 1.165) is 46.7 Å². The van der Waals surface area contributed by atoms with E-state index in [9.17, 15) is 14.4 Å². The summed E-state index contributed by atoms with van der Waals surface area (Å²) in [7, 11) is 3.23. The molecule has 12 nitrogen and oxygen atoms in total. The number of amides is 3. The highest BCUT2D eigenvalue weighted by Gasteiger charge is 2.62. The molecular formula is C42H49N5O7S. The lowest BCUT2D eigenvalue weighted by Gasteiger charge is -2.32. The maximum absolute atomic E-state index is 14.7. The Kier molecular flexibility index (Phi) is 11.3. The summed E-state index contributed by atoms with van der Waals surface area (Å²) in [5.41, 5.74) is 2.10. The normalized spacial score (nSPS) is 23.4. The van der Waals surface area contributed by atoms with E-state index in [1.165, 1.54) is 11.3 Å². The number of carbonyl (C=O) groups excluding carboxylic acids is 3. The van der Waals surface area contributed by atoms with Gasteiger partial charge in [-0.15, -0.1) is 11.3 Å². The van der Waals surface area contributed by atoms with Crippen molar-refractivity contribution in [2.75, 3.05) is 33.9 Å². The number of fused-ring (bicyclic) bond motifs is 3. The first kappa shape index (κ1) is 38.1. The molecule has 3 aliphatic rings. The van der Waals surface area contributed by atoms with Crippen molar-refractivity contribution in [2.45, 2.75) is 83.0 Å². The molecule has 1 aliphatic carbocycles. The number of benzene rings is 2. The molecule has 0 radical (unpaired) electrons. The molecule has 4 aromatic rings. The molecule has 1 saturated heterocycles. The molecule has 4 unspecified atom stereocenters. The van der Waals surface area contributed by atoms with Gasteiger partial charge < -0.3 is 34.1 Å². The molecule has 3 amide bonds. The van der Waals surface area contributed by atoms with Crippen LogP contribution in [-0.4, -0.2) is 89.3 Å². The fourth-order valence-electron chi connectivity index (χ4n) is 7.42. The Morgan fingerprint density at radius 3 is 2.55 bits per heavy atom. The third kappa shape index (κ3) is 8.12. The van der Waals surface area contributed by atoms with Crippen molar-refractivity contribution in [3.8, 4) is 28.0 Å². The summed E-state index contributed by atoms with van der Waals surface area (Å²) < 4.78 is 23.2. The number of thiazole rings is 1. The van der Waals surface area contributed by atoms with Crippen LogP contribution in [0.5, 0.6) is 17.2 Å². The highest BCUT2D eigenvalue weighted by Crippen LogP contribution is 2.46. The fraction of sp³-hybridized carbons (Fsp3) is 0.452. The Morgan fingerprint density at radius 1 is 1.04 bits per heavy atom. The minimum Gasteiger partial charge on any atom is -0.497 e. The summed E-state index contributed by atoms with van der Waals surface area (Å²) in [4.78, 5) is 55.7. The molecule has 7 rings (SSSR count). The number of hydrogen-bond donors (Lipinski definition) is 1. The van der Waals surface area contributed by atoms with Gasteiger partial charge >= 0.3 is 12.0 Å². The van der Waals surface area contributed by atoms with Gasteiger partial charge in [-0.25, -0.2) is 19.6 Å². The minimum absolute atomic E-state index is 0.163. The lowest BCUT2D eigenvalue weighted by atomic mass is 10.1. The number of esters is 1. The third-order valence-corrected chi connectivity index (χ3v) is 11.5. The average Bonchev–Trinajstić information content (AvgIpc) is 3.48. The summed E-state index contributed by atoms with van der Waals surface area (Å²) in [5.74, 6) is 1.18. The van der Waals surface area contributed by atoms with Crippen LogP contribution in [0, 0.1) is 5.92 Å². The second-order valence-corrected chi connectivity index (χ2v) is 15.6. The number of aromatic nitrogens is 2. The van der Waals surface area contributed by atoms with Crippen molar-refractivity contribution in [3.63, 3.8) is 0 Å². The van der Waals surface area contributed by atoms with Gasteiger partial charge in [0.1, 0.15) is 45.6 Å². The van der Waals surface area contributed by atoms with Crippen molar-refractivity contribution in [2.24, 2.45) is 5.92 Å². The van der Waals surface area contributed by atoms with Crippen LogP contribution in [0.15, 0.2) is 66.1 Å². The summed E-state index contributed by atoms with van der Waals surface area (Å²) in [6, 6.07) is 14.0. The Balaban J connectivity index is 1.23. The van der Waals surface area contributed by atoms with Crippen LogP contribution in [0.4, 0.5) is 4.79 Å². The van der Waals surface area contributed by atoms with E-state index in [-0.39, 0.29) is 37.4 Å². The molecule has 290 valence electrons. The van der Waals surface area contributed by atoms with Gasteiger partial charge in [-0.05, 0) is 68.4 Å². The molecule has 1 saturated carbocycles. The fourth-order valence-corrected chi connectivity index (χ4v) is 8.36. The number of methoxy groups -OCH3 is 2. The third-order valence-electron chi connectivity index (χ3n) is 10.6. The molecule has 55 heavy (non-hydrogen) atoms. The lowest BCUT2D eigenvalue weighted by molar-refractivity contribution is -0.149.